The predicted octanol–water partition coefficient (Wildman–Crippen LogP) is 5.98. The van der Waals surface area contributed by atoms with E-state index in [-0.39, 0.29) is 0 Å². The first-order valence-corrected chi connectivity index (χ1v) is 13.6. The Kier molecular flexibility index (Phi) is 8.78. The third kappa shape index (κ3) is 6.14. The number of halogens is 1. The maximum Gasteiger partial charge on any atom is 0.309 e. The van der Waals surface area contributed by atoms with Crippen LogP contribution < -0.4 is 4.74 Å². The van der Waals surface area contributed by atoms with Crippen molar-refractivity contribution >= 4 is 40.2 Å². The first-order chi connectivity index (χ1) is 17.3. The van der Waals surface area contributed by atoms with Gasteiger partial charge in [0.25, 0.3) is 0 Å². The maximum absolute atomic E-state index is 12.4. The van der Waals surface area contributed by atoms with Crippen molar-refractivity contribution in [1.29, 1.82) is 0 Å². The van der Waals surface area contributed by atoms with E-state index in [1.54, 1.807) is 7.11 Å². The van der Waals surface area contributed by atoms with Gasteiger partial charge in [-0.15, -0.1) is 11.8 Å². The van der Waals surface area contributed by atoms with Crippen LogP contribution in [0.5, 0.6) is 5.75 Å². The number of ether oxygens (including phenoxy) is 1. The maximum atomic E-state index is 12.4. The first-order valence-electron chi connectivity index (χ1n) is 12.3. The van der Waals surface area contributed by atoms with Gasteiger partial charge in [-0.1, -0.05) is 29.3 Å². The molecule has 1 atom stereocenters. The number of nitrogens with zero attached hydrogens (tertiary/aromatic N) is 2. The monoisotopic (exact) mass is 528 g/mol. The van der Waals surface area contributed by atoms with Crippen molar-refractivity contribution in [2.45, 2.75) is 43.6 Å². The summed E-state index contributed by atoms with van der Waals surface area (Å²) >= 11 is 8.27. The van der Waals surface area contributed by atoms with Crippen molar-refractivity contribution in [2.75, 3.05) is 32.5 Å². The summed E-state index contributed by atoms with van der Waals surface area (Å²) in [4.78, 5) is 20.3. The lowest BCUT2D eigenvalue weighted by Crippen LogP contribution is -2.45. The Balaban J connectivity index is 1.37. The second kappa shape index (κ2) is 11.8. The number of hydrogen-bond donors (Lipinski definition) is 2. The van der Waals surface area contributed by atoms with Gasteiger partial charge in [-0.3, -0.25) is 9.78 Å². The number of aliphatic hydroxyl groups excluding tert-OH is 1. The number of likely N-dealkylation sites (tertiary alicyclic amines) is 1. The number of aryl methyl sites for hydroxylation is 1. The minimum absolute atomic E-state index is 0.311. The smallest absolute Gasteiger partial charge is 0.309 e. The van der Waals surface area contributed by atoms with E-state index in [0.29, 0.717) is 47.5 Å². The number of fused-ring (bicyclic) bond motifs is 1. The van der Waals surface area contributed by atoms with Crippen LogP contribution in [0.3, 0.4) is 0 Å². The van der Waals surface area contributed by atoms with Gasteiger partial charge < -0.3 is 19.8 Å². The fourth-order valence-corrected chi connectivity index (χ4v) is 6.08. The van der Waals surface area contributed by atoms with Crippen LogP contribution in [-0.4, -0.2) is 58.6 Å². The molecule has 1 saturated heterocycles. The Morgan fingerprint density at radius 2 is 1.94 bits per heavy atom. The lowest BCUT2D eigenvalue weighted by atomic mass is 9.74. The van der Waals surface area contributed by atoms with Crippen LogP contribution in [0, 0.1) is 12.3 Å². The number of carbonyl (C=O) groups is 1. The lowest BCUT2D eigenvalue weighted by Gasteiger charge is -2.39. The molecule has 192 valence electrons. The molecule has 6 nitrogen and oxygen atoms in total. The molecule has 0 amide bonds. The molecule has 2 N–H and O–H groups in total. The molecule has 0 aliphatic carbocycles. The molecule has 0 saturated carbocycles. The van der Waals surface area contributed by atoms with E-state index in [4.69, 9.17) is 16.3 Å². The van der Waals surface area contributed by atoms with Crippen molar-refractivity contribution in [1.82, 2.24) is 9.88 Å². The standard InChI is InChI=1S/C28H33ClN2O4S/c1-19-3-6-21(7-4-19)36-16-15-31-13-11-28(12-14-31,27(33)34)10-9-25(32)26-22-17-20(35-2)5-8-24(22)30-18-23(26)29/h3-8,17-18,25,32H,9-16H2,1-2H3,(H,33,34)/t25-/m1/s1. The highest BCUT2D eigenvalue weighted by atomic mass is 35.5. The third-order valence-electron chi connectivity index (χ3n) is 7.26. The van der Waals surface area contributed by atoms with Gasteiger partial charge in [-0.2, -0.15) is 0 Å². The lowest BCUT2D eigenvalue weighted by molar-refractivity contribution is -0.153. The molecule has 1 fully saturated rings. The Morgan fingerprint density at radius 3 is 2.61 bits per heavy atom. The van der Waals surface area contributed by atoms with Crippen LogP contribution >= 0.6 is 23.4 Å². The van der Waals surface area contributed by atoms with E-state index >= 15 is 0 Å². The topological polar surface area (TPSA) is 82.9 Å². The van der Waals surface area contributed by atoms with Crippen LogP contribution in [0.25, 0.3) is 10.9 Å². The van der Waals surface area contributed by atoms with E-state index in [1.165, 1.54) is 16.7 Å². The molecular formula is C28H33ClN2O4S. The average Bonchev–Trinajstić information content (AvgIpc) is 2.88. The van der Waals surface area contributed by atoms with Crippen molar-refractivity contribution in [2.24, 2.45) is 5.41 Å². The number of aliphatic carboxylic acids is 1. The van der Waals surface area contributed by atoms with Crippen molar-refractivity contribution in [3.05, 3.63) is 64.8 Å². The number of aromatic nitrogens is 1. The largest absolute Gasteiger partial charge is 0.497 e. The van der Waals surface area contributed by atoms with Gasteiger partial charge in [-0.05, 0) is 76.0 Å². The number of rotatable bonds is 10. The highest BCUT2D eigenvalue weighted by molar-refractivity contribution is 7.99. The Hall–Kier alpha value is -2.32. The average molecular weight is 529 g/mol. The van der Waals surface area contributed by atoms with Crippen LogP contribution in [-0.2, 0) is 4.79 Å². The molecule has 8 heteroatoms. The zero-order valence-electron chi connectivity index (χ0n) is 20.7. The third-order valence-corrected chi connectivity index (χ3v) is 8.56. The highest BCUT2D eigenvalue weighted by Crippen LogP contribution is 2.41. The van der Waals surface area contributed by atoms with Crippen molar-refractivity contribution in [3.63, 3.8) is 0 Å². The summed E-state index contributed by atoms with van der Waals surface area (Å²) < 4.78 is 5.33. The molecule has 3 aromatic rings. The second-order valence-corrected chi connectivity index (χ2v) is 11.1. The SMILES string of the molecule is COc1ccc2ncc(Cl)c([C@H](O)CCC3(C(=O)O)CCN(CCSc4ccc(C)cc4)CC3)c2c1. The summed E-state index contributed by atoms with van der Waals surface area (Å²) in [5.41, 5.74) is 1.70. The summed E-state index contributed by atoms with van der Waals surface area (Å²) in [7, 11) is 1.58. The number of aliphatic hydroxyl groups is 1. The number of thioether (sulfide) groups is 1. The van der Waals surface area contributed by atoms with Crippen molar-refractivity contribution in [3.8, 4) is 5.75 Å². The number of methoxy groups -OCH3 is 1. The Labute approximate surface area is 221 Å². The molecule has 2 heterocycles. The van der Waals surface area contributed by atoms with E-state index in [0.717, 1.165) is 30.8 Å². The van der Waals surface area contributed by atoms with Gasteiger partial charge >= 0.3 is 5.97 Å². The molecule has 0 radical (unpaired) electrons. The normalized spacial score (nSPS) is 16.7. The van der Waals surface area contributed by atoms with Crippen LogP contribution in [0.1, 0.15) is 42.9 Å². The number of benzene rings is 2. The fraction of sp³-hybridized carbons (Fsp3) is 0.429. The zero-order chi connectivity index (χ0) is 25.7. The van der Waals surface area contributed by atoms with Gasteiger partial charge in [0, 0.05) is 34.3 Å². The molecule has 4 rings (SSSR count). The van der Waals surface area contributed by atoms with Crippen LogP contribution in [0.15, 0.2) is 53.6 Å². The van der Waals surface area contributed by atoms with E-state index in [1.807, 2.05) is 30.0 Å². The fourth-order valence-electron chi connectivity index (χ4n) is 4.89. The molecular weight excluding hydrogens is 496 g/mol. The quantitative estimate of drug-likeness (QED) is 0.313. The summed E-state index contributed by atoms with van der Waals surface area (Å²) in [6, 6.07) is 14.0. The minimum atomic E-state index is -0.893. The van der Waals surface area contributed by atoms with Crippen LogP contribution in [0.2, 0.25) is 5.02 Å². The molecule has 2 aromatic carbocycles. The second-order valence-electron chi connectivity index (χ2n) is 9.55. The molecule has 36 heavy (non-hydrogen) atoms. The van der Waals surface area contributed by atoms with Crippen molar-refractivity contribution < 1.29 is 19.7 Å². The van der Waals surface area contributed by atoms with Gasteiger partial charge in [0.15, 0.2) is 0 Å². The first kappa shape index (κ1) is 26.7. The molecule has 0 bridgehead atoms. The number of pyridine rings is 1. The summed E-state index contributed by atoms with van der Waals surface area (Å²) in [5, 5.41) is 22.4. The molecule has 0 unspecified atom stereocenters. The Bertz CT molecular complexity index is 1200. The zero-order valence-corrected chi connectivity index (χ0v) is 22.3. The number of carboxylic acids is 1. The van der Waals surface area contributed by atoms with E-state index < -0.39 is 17.5 Å². The van der Waals surface area contributed by atoms with Gasteiger partial charge in [0.05, 0.1) is 29.2 Å². The predicted molar refractivity (Wildman–Crippen MR) is 145 cm³/mol. The van der Waals surface area contributed by atoms with E-state index in [2.05, 4.69) is 41.1 Å². The number of carboxylic acid groups (broad SMARTS) is 1. The van der Waals surface area contributed by atoms with Gasteiger partial charge in [0.2, 0.25) is 0 Å². The highest BCUT2D eigenvalue weighted by Gasteiger charge is 2.41. The van der Waals surface area contributed by atoms with E-state index in [9.17, 15) is 15.0 Å². The van der Waals surface area contributed by atoms with Crippen LogP contribution in [0.4, 0.5) is 0 Å². The summed E-state index contributed by atoms with van der Waals surface area (Å²) in [6.45, 7) is 4.50. The molecule has 1 aliphatic heterocycles. The van der Waals surface area contributed by atoms with Gasteiger partial charge in [0.1, 0.15) is 5.75 Å². The summed E-state index contributed by atoms with van der Waals surface area (Å²) in [5.74, 6) is 0.838. The number of hydrogen-bond acceptors (Lipinski definition) is 6. The summed E-state index contributed by atoms with van der Waals surface area (Å²) in [6.07, 6.45) is 2.49. The molecule has 0 spiro atoms. The minimum Gasteiger partial charge on any atom is -0.497 e. The Morgan fingerprint density at radius 1 is 1.22 bits per heavy atom. The molecule has 1 aromatic heterocycles. The van der Waals surface area contributed by atoms with Gasteiger partial charge in [-0.25, -0.2) is 0 Å². The molecule has 1 aliphatic rings. The number of piperidine rings is 1.